The Labute approximate surface area is 195 Å². The van der Waals surface area contributed by atoms with Gasteiger partial charge in [0.2, 0.25) is 0 Å². The number of methoxy groups -OCH3 is 2. The van der Waals surface area contributed by atoms with Crippen LogP contribution in [0.5, 0.6) is 11.5 Å². The quantitative estimate of drug-likeness (QED) is 0.465. The second kappa shape index (κ2) is 10.1. The van der Waals surface area contributed by atoms with Crippen molar-refractivity contribution in [1.82, 2.24) is 0 Å². The Morgan fingerprint density at radius 3 is 2.58 bits per heavy atom. The Balaban J connectivity index is 1.72. The van der Waals surface area contributed by atoms with Crippen LogP contribution in [0.4, 0.5) is 0 Å². The van der Waals surface area contributed by atoms with Crippen LogP contribution in [0, 0.1) is 11.8 Å². The van der Waals surface area contributed by atoms with Crippen molar-refractivity contribution in [2.45, 2.75) is 62.9 Å². The van der Waals surface area contributed by atoms with E-state index in [0.717, 1.165) is 31.2 Å². The smallest absolute Gasteiger partial charge is 0.337 e. The van der Waals surface area contributed by atoms with Gasteiger partial charge < -0.3 is 14.2 Å². The van der Waals surface area contributed by atoms with Crippen LogP contribution in [0.2, 0.25) is 0 Å². The summed E-state index contributed by atoms with van der Waals surface area (Å²) < 4.78 is 16.7. The molecule has 0 N–H and O–H groups in total. The van der Waals surface area contributed by atoms with E-state index in [-0.39, 0.29) is 11.9 Å². The van der Waals surface area contributed by atoms with Gasteiger partial charge in [-0.1, -0.05) is 24.0 Å². The number of carbonyl (C=O) groups is 2. The van der Waals surface area contributed by atoms with Crippen molar-refractivity contribution >= 4 is 11.8 Å². The number of hydrogen-bond donors (Lipinski definition) is 0. The van der Waals surface area contributed by atoms with Gasteiger partial charge >= 0.3 is 5.97 Å². The first-order valence-corrected chi connectivity index (χ1v) is 11.6. The SMILES string of the molecule is COC(=O)c1cccc(C#CC2(c3ccc(OC)c(OC4CCCC4)c3)CCCC(=O)C2)c1. The van der Waals surface area contributed by atoms with Gasteiger partial charge in [0.25, 0.3) is 0 Å². The molecule has 2 saturated carbocycles. The van der Waals surface area contributed by atoms with Crippen molar-refractivity contribution in [3.8, 4) is 23.3 Å². The van der Waals surface area contributed by atoms with Crippen LogP contribution in [0.15, 0.2) is 42.5 Å². The highest BCUT2D eigenvalue weighted by Gasteiger charge is 2.37. The average Bonchev–Trinajstić information content (AvgIpc) is 3.35. The summed E-state index contributed by atoms with van der Waals surface area (Å²) >= 11 is 0. The number of hydrogen-bond acceptors (Lipinski definition) is 5. The van der Waals surface area contributed by atoms with E-state index < -0.39 is 11.4 Å². The summed E-state index contributed by atoms with van der Waals surface area (Å²) in [5.74, 6) is 7.88. The third kappa shape index (κ3) is 5.22. The fraction of sp³-hybridized carbons (Fsp3) is 0.429. The Bertz CT molecular complexity index is 1090. The highest BCUT2D eigenvalue weighted by atomic mass is 16.5. The van der Waals surface area contributed by atoms with Gasteiger partial charge in [-0.15, -0.1) is 0 Å². The molecule has 0 amide bonds. The lowest BCUT2D eigenvalue weighted by Crippen LogP contribution is -2.32. The van der Waals surface area contributed by atoms with Gasteiger partial charge in [0, 0.05) is 18.4 Å². The van der Waals surface area contributed by atoms with E-state index in [1.54, 1.807) is 25.3 Å². The minimum atomic E-state index is -0.601. The van der Waals surface area contributed by atoms with Crippen molar-refractivity contribution in [2.24, 2.45) is 0 Å². The van der Waals surface area contributed by atoms with Crippen LogP contribution in [0.1, 0.15) is 72.9 Å². The van der Waals surface area contributed by atoms with E-state index in [1.165, 1.54) is 20.0 Å². The van der Waals surface area contributed by atoms with Gasteiger partial charge in [-0.05, 0) is 74.4 Å². The molecule has 0 bridgehead atoms. The molecule has 33 heavy (non-hydrogen) atoms. The number of carbonyl (C=O) groups excluding carboxylic acids is 2. The summed E-state index contributed by atoms with van der Waals surface area (Å²) in [6, 6.07) is 13.0. The van der Waals surface area contributed by atoms with Crippen molar-refractivity contribution in [1.29, 1.82) is 0 Å². The predicted octanol–water partition coefficient (Wildman–Crippen LogP) is 5.24. The molecule has 1 atom stereocenters. The maximum atomic E-state index is 12.5. The molecule has 0 heterocycles. The lowest BCUT2D eigenvalue weighted by atomic mass is 9.69. The number of rotatable bonds is 5. The predicted molar refractivity (Wildman–Crippen MR) is 126 cm³/mol. The van der Waals surface area contributed by atoms with Crippen LogP contribution < -0.4 is 9.47 Å². The Morgan fingerprint density at radius 2 is 1.85 bits per heavy atom. The minimum Gasteiger partial charge on any atom is -0.493 e. The first kappa shape index (κ1) is 22.9. The molecule has 2 fully saturated rings. The standard InChI is InChI=1S/C28H30O5/c1-31-25-13-12-22(18-26(25)33-24-10-3-4-11-24)28(15-6-9-23(29)19-28)16-14-20-7-5-8-21(17-20)27(30)32-2/h5,7-8,12-13,17-18,24H,3-4,6,9-11,15,19H2,1-2H3. The molecule has 0 saturated heterocycles. The van der Waals surface area contributed by atoms with Crippen molar-refractivity contribution in [3.63, 3.8) is 0 Å². The topological polar surface area (TPSA) is 61.8 Å². The Kier molecular flexibility index (Phi) is 7.03. The fourth-order valence-electron chi connectivity index (χ4n) is 4.81. The molecule has 2 aromatic carbocycles. The second-order valence-electron chi connectivity index (χ2n) is 8.86. The molecule has 5 heteroatoms. The van der Waals surface area contributed by atoms with E-state index in [9.17, 15) is 9.59 Å². The largest absolute Gasteiger partial charge is 0.493 e. The summed E-state index contributed by atoms with van der Waals surface area (Å²) in [4.78, 5) is 24.4. The van der Waals surface area contributed by atoms with Crippen molar-refractivity contribution in [2.75, 3.05) is 14.2 Å². The molecule has 0 aromatic heterocycles. The molecule has 2 aliphatic carbocycles. The zero-order valence-corrected chi connectivity index (χ0v) is 19.3. The van der Waals surface area contributed by atoms with Crippen LogP contribution >= 0.6 is 0 Å². The molecule has 0 radical (unpaired) electrons. The molecule has 1 unspecified atom stereocenters. The molecule has 0 aliphatic heterocycles. The van der Waals surface area contributed by atoms with E-state index >= 15 is 0 Å². The molecule has 2 aliphatic rings. The molecular formula is C28H30O5. The van der Waals surface area contributed by atoms with Gasteiger partial charge in [0.1, 0.15) is 5.78 Å². The van der Waals surface area contributed by atoms with Crippen LogP contribution in [0.3, 0.4) is 0 Å². The third-order valence-corrected chi connectivity index (χ3v) is 6.60. The summed E-state index contributed by atoms with van der Waals surface area (Å²) in [6.07, 6.45) is 7.20. The maximum Gasteiger partial charge on any atom is 0.337 e. The second-order valence-corrected chi connectivity index (χ2v) is 8.86. The van der Waals surface area contributed by atoms with Gasteiger partial charge in [-0.25, -0.2) is 4.79 Å². The average molecular weight is 447 g/mol. The van der Waals surface area contributed by atoms with E-state index in [2.05, 4.69) is 11.8 Å². The molecule has 4 rings (SSSR count). The summed E-state index contributed by atoms with van der Waals surface area (Å²) in [7, 11) is 3.00. The third-order valence-electron chi connectivity index (χ3n) is 6.60. The first-order valence-electron chi connectivity index (χ1n) is 11.6. The fourth-order valence-corrected chi connectivity index (χ4v) is 4.81. The normalized spacial score (nSPS) is 20.6. The number of ether oxygens (including phenoxy) is 3. The highest BCUT2D eigenvalue weighted by molar-refractivity contribution is 5.89. The lowest BCUT2D eigenvalue weighted by molar-refractivity contribution is -0.121. The molecule has 172 valence electrons. The maximum absolute atomic E-state index is 12.5. The van der Waals surface area contributed by atoms with Gasteiger partial charge in [0.05, 0.1) is 31.3 Å². The van der Waals surface area contributed by atoms with E-state index in [1.807, 2.05) is 24.3 Å². The Morgan fingerprint density at radius 1 is 1.03 bits per heavy atom. The number of benzene rings is 2. The van der Waals surface area contributed by atoms with Gasteiger partial charge in [0.15, 0.2) is 11.5 Å². The van der Waals surface area contributed by atoms with Crippen LogP contribution in [-0.2, 0) is 14.9 Å². The summed E-state index contributed by atoms with van der Waals surface area (Å²) in [5.41, 5.74) is 1.54. The first-order chi connectivity index (χ1) is 16.0. The summed E-state index contributed by atoms with van der Waals surface area (Å²) in [5, 5.41) is 0. The van der Waals surface area contributed by atoms with Crippen LogP contribution in [-0.4, -0.2) is 32.1 Å². The van der Waals surface area contributed by atoms with Gasteiger partial charge in [-0.2, -0.15) is 0 Å². The van der Waals surface area contributed by atoms with Crippen LogP contribution in [0.25, 0.3) is 0 Å². The zero-order chi connectivity index (χ0) is 23.3. The zero-order valence-electron chi connectivity index (χ0n) is 19.3. The molecule has 2 aromatic rings. The molecule has 0 spiro atoms. The number of Topliss-reactive ketones (excluding diaryl/α,β-unsaturated/α-hetero) is 1. The number of ketones is 1. The van der Waals surface area contributed by atoms with Crippen molar-refractivity contribution in [3.05, 3.63) is 59.2 Å². The van der Waals surface area contributed by atoms with Gasteiger partial charge in [-0.3, -0.25) is 4.79 Å². The monoisotopic (exact) mass is 446 g/mol. The molecule has 5 nitrogen and oxygen atoms in total. The van der Waals surface area contributed by atoms with E-state index in [4.69, 9.17) is 14.2 Å². The highest BCUT2D eigenvalue weighted by Crippen LogP contribution is 2.42. The summed E-state index contributed by atoms with van der Waals surface area (Å²) in [6.45, 7) is 0. The minimum absolute atomic E-state index is 0.199. The molecular weight excluding hydrogens is 416 g/mol. The van der Waals surface area contributed by atoms with Crippen molar-refractivity contribution < 1.29 is 23.8 Å². The lowest BCUT2D eigenvalue weighted by Gasteiger charge is -2.33. The Hall–Kier alpha value is -3.26. The van der Waals surface area contributed by atoms with E-state index in [0.29, 0.717) is 35.5 Å². The number of esters is 1.